The molecule has 0 radical (unpaired) electrons. The van der Waals surface area contributed by atoms with E-state index >= 15 is 0 Å². The van der Waals surface area contributed by atoms with Gasteiger partial charge in [0, 0.05) is 6.42 Å². The van der Waals surface area contributed by atoms with Crippen molar-refractivity contribution in [3.05, 3.63) is 23.1 Å². The summed E-state index contributed by atoms with van der Waals surface area (Å²) in [6.45, 7) is 0. The highest BCUT2D eigenvalue weighted by molar-refractivity contribution is 6.29. The second-order valence-corrected chi connectivity index (χ2v) is 3.25. The van der Waals surface area contributed by atoms with E-state index in [0.717, 1.165) is 0 Å². The van der Waals surface area contributed by atoms with Crippen molar-refractivity contribution in [1.82, 2.24) is 5.32 Å². The fraction of sp³-hybridized carbons (Fsp3) is 0.200. The Morgan fingerprint density at radius 1 is 1.62 bits per heavy atom. The number of carbonyl (C=O) groups is 2. The van der Waals surface area contributed by atoms with Gasteiger partial charge in [-0.05, 0) is 23.7 Å². The highest BCUT2D eigenvalue weighted by Crippen LogP contribution is 2.13. The third-order valence-corrected chi connectivity index (χ3v) is 1.93. The molecule has 1 aromatic rings. The van der Waals surface area contributed by atoms with Gasteiger partial charge in [-0.3, -0.25) is 4.79 Å². The largest absolute Gasteiger partial charge is 0.480 e. The van der Waals surface area contributed by atoms with Crippen molar-refractivity contribution >= 4 is 23.5 Å². The van der Waals surface area contributed by atoms with Crippen LogP contribution in [0.5, 0.6) is 0 Å². The summed E-state index contributed by atoms with van der Waals surface area (Å²) in [6, 6.07) is 1.58. The van der Waals surface area contributed by atoms with E-state index in [0.29, 0.717) is 0 Å². The minimum atomic E-state index is -1.20. The van der Waals surface area contributed by atoms with Crippen LogP contribution in [0.25, 0.3) is 0 Å². The van der Waals surface area contributed by atoms with Gasteiger partial charge >= 0.3 is 5.97 Å². The molecule has 0 saturated heterocycles. The molecule has 0 aliphatic rings. The predicted octanol–water partition coefficient (Wildman–Crippen LogP) is 1.14. The van der Waals surface area contributed by atoms with Crippen molar-refractivity contribution in [2.45, 2.75) is 12.5 Å². The van der Waals surface area contributed by atoms with Gasteiger partial charge in [-0.15, -0.1) is 12.3 Å². The van der Waals surface area contributed by atoms with E-state index in [4.69, 9.17) is 27.5 Å². The minimum absolute atomic E-state index is 0.0500. The first-order chi connectivity index (χ1) is 7.54. The molecule has 0 bridgehead atoms. The highest BCUT2D eigenvalue weighted by atomic mass is 35.5. The Morgan fingerprint density at radius 2 is 2.31 bits per heavy atom. The minimum Gasteiger partial charge on any atom is -0.480 e. The van der Waals surface area contributed by atoms with Crippen molar-refractivity contribution in [2.24, 2.45) is 0 Å². The zero-order valence-corrected chi connectivity index (χ0v) is 8.82. The van der Waals surface area contributed by atoms with Crippen LogP contribution in [-0.4, -0.2) is 23.0 Å². The molecule has 0 aromatic carbocycles. The molecule has 0 aliphatic carbocycles. The Bertz CT molecular complexity index is 446. The van der Waals surface area contributed by atoms with Gasteiger partial charge in [0.05, 0.1) is 0 Å². The Hall–Kier alpha value is -1.93. The number of halogens is 1. The first kappa shape index (κ1) is 12.1. The second kappa shape index (κ2) is 5.24. The predicted molar refractivity (Wildman–Crippen MR) is 56.1 cm³/mol. The molecule has 1 atom stereocenters. The topological polar surface area (TPSA) is 79.5 Å². The van der Waals surface area contributed by atoms with Crippen LogP contribution in [0, 0.1) is 12.3 Å². The van der Waals surface area contributed by atoms with Crippen LogP contribution < -0.4 is 5.32 Å². The van der Waals surface area contributed by atoms with E-state index in [-0.39, 0.29) is 17.4 Å². The Labute approximate surface area is 96.4 Å². The van der Waals surface area contributed by atoms with Crippen molar-refractivity contribution < 1.29 is 19.1 Å². The number of carboxylic acids is 1. The molecule has 5 nitrogen and oxygen atoms in total. The maximum Gasteiger partial charge on any atom is 0.327 e. The molecule has 0 saturated carbocycles. The molecule has 1 unspecified atom stereocenters. The molecule has 84 valence electrons. The van der Waals surface area contributed by atoms with Crippen LogP contribution in [-0.2, 0) is 4.79 Å². The van der Waals surface area contributed by atoms with Gasteiger partial charge in [-0.2, -0.15) is 0 Å². The van der Waals surface area contributed by atoms with Gasteiger partial charge in [0.1, 0.15) is 6.04 Å². The van der Waals surface area contributed by atoms with Crippen molar-refractivity contribution in [3.63, 3.8) is 0 Å². The first-order valence-electron chi connectivity index (χ1n) is 4.27. The molecule has 0 spiro atoms. The summed E-state index contributed by atoms with van der Waals surface area (Å²) in [7, 11) is 0. The number of nitrogens with one attached hydrogen (secondary N) is 1. The van der Waals surface area contributed by atoms with Crippen molar-refractivity contribution in [2.75, 3.05) is 0 Å². The molecular formula is C10H8ClNO4. The Kier molecular flexibility index (Phi) is 3.97. The second-order valence-electron chi connectivity index (χ2n) is 2.88. The summed E-state index contributed by atoms with van der Waals surface area (Å²) in [6.07, 6.45) is 4.87. The molecule has 2 N–H and O–H groups in total. The van der Waals surface area contributed by atoms with Gasteiger partial charge in [0.15, 0.2) is 11.0 Å². The van der Waals surface area contributed by atoms with Gasteiger partial charge in [-0.1, -0.05) is 0 Å². The average molecular weight is 242 g/mol. The summed E-state index contributed by atoms with van der Waals surface area (Å²) < 4.78 is 4.81. The van der Waals surface area contributed by atoms with Gasteiger partial charge in [-0.25, -0.2) is 4.79 Å². The lowest BCUT2D eigenvalue weighted by Crippen LogP contribution is -2.40. The first-order valence-corrected chi connectivity index (χ1v) is 4.65. The summed E-state index contributed by atoms with van der Waals surface area (Å²) in [5.74, 6) is 0.221. The monoisotopic (exact) mass is 241 g/mol. The van der Waals surface area contributed by atoms with E-state index in [2.05, 4.69) is 11.2 Å². The molecule has 1 amide bonds. The van der Waals surface area contributed by atoms with E-state index in [9.17, 15) is 9.59 Å². The standard InChI is InChI=1S/C10H8ClNO4/c1-2-3-6(10(14)15)12-9(13)7-4-5-8(11)16-7/h1,4-6H,3H2,(H,12,13)(H,14,15). The van der Waals surface area contributed by atoms with Crippen molar-refractivity contribution in [1.29, 1.82) is 0 Å². The molecule has 1 aromatic heterocycles. The van der Waals surface area contributed by atoms with Crippen LogP contribution in [0.4, 0.5) is 0 Å². The highest BCUT2D eigenvalue weighted by Gasteiger charge is 2.21. The number of hydrogen-bond donors (Lipinski definition) is 2. The van der Waals surface area contributed by atoms with Gasteiger partial charge in [0.2, 0.25) is 0 Å². The summed E-state index contributed by atoms with van der Waals surface area (Å²) in [4.78, 5) is 22.1. The number of aliphatic carboxylic acids is 1. The summed E-state index contributed by atoms with van der Waals surface area (Å²) >= 11 is 5.47. The number of amides is 1. The van der Waals surface area contributed by atoms with Crippen LogP contribution in [0.1, 0.15) is 17.0 Å². The third kappa shape index (κ3) is 3.04. The lowest BCUT2D eigenvalue weighted by atomic mass is 10.2. The number of furan rings is 1. The number of carbonyl (C=O) groups excluding carboxylic acids is 1. The molecule has 0 fully saturated rings. The van der Waals surface area contributed by atoms with E-state index in [1.54, 1.807) is 0 Å². The average Bonchev–Trinajstić information content (AvgIpc) is 2.64. The zero-order chi connectivity index (χ0) is 12.1. The molecule has 1 heterocycles. The fourth-order valence-corrected chi connectivity index (χ4v) is 1.13. The molecule has 1 rings (SSSR count). The smallest absolute Gasteiger partial charge is 0.327 e. The Balaban J connectivity index is 2.69. The lowest BCUT2D eigenvalue weighted by molar-refractivity contribution is -0.139. The maximum absolute atomic E-state index is 11.5. The molecule has 16 heavy (non-hydrogen) atoms. The fourth-order valence-electron chi connectivity index (χ4n) is 0.984. The van der Waals surface area contributed by atoms with E-state index < -0.39 is 17.9 Å². The zero-order valence-electron chi connectivity index (χ0n) is 8.07. The van der Waals surface area contributed by atoms with Crippen LogP contribution in [0.15, 0.2) is 16.5 Å². The number of hydrogen-bond acceptors (Lipinski definition) is 3. The van der Waals surface area contributed by atoms with Crippen LogP contribution in [0.2, 0.25) is 5.22 Å². The molecule has 0 aliphatic heterocycles. The third-order valence-electron chi connectivity index (χ3n) is 1.72. The molecule has 6 heteroatoms. The lowest BCUT2D eigenvalue weighted by Gasteiger charge is -2.09. The maximum atomic E-state index is 11.5. The molecular weight excluding hydrogens is 234 g/mol. The van der Waals surface area contributed by atoms with Crippen LogP contribution >= 0.6 is 11.6 Å². The number of terminal acetylenes is 1. The Morgan fingerprint density at radius 3 is 2.75 bits per heavy atom. The van der Waals surface area contributed by atoms with E-state index in [1.165, 1.54) is 12.1 Å². The van der Waals surface area contributed by atoms with Gasteiger partial charge in [0.25, 0.3) is 5.91 Å². The summed E-state index contributed by atoms with van der Waals surface area (Å²) in [5.41, 5.74) is 0. The van der Waals surface area contributed by atoms with E-state index in [1.807, 2.05) is 0 Å². The normalized spacial score (nSPS) is 11.5. The SMILES string of the molecule is C#CCC(NC(=O)c1ccc(Cl)o1)C(=O)O. The van der Waals surface area contributed by atoms with Crippen molar-refractivity contribution in [3.8, 4) is 12.3 Å². The number of carboxylic acid groups (broad SMARTS) is 1. The van der Waals surface area contributed by atoms with Gasteiger partial charge < -0.3 is 14.8 Å². The summed E-state index contributed by atoms with van der Waals surface area (Å²) in [5, 5.41) is 11.0. The van der Waals surface area contributed by atoms with Crippen LogP contribution in [0.3, 0.4) is 0 Å². The quantitative estimate of drug-likeness (QED) is 0.775. The number of rotatable bonds is 4.